The number of ether oxygens (including phenoxy) is 1. The first-order valence-electron chi connectivity index (χ1n) is 6.82. The Kier molecular flexibility index (Phi) is 7.77. The van der Waals surface area contributed by atoms with Crippen LogP contribution in [0.5, 0.6) is 0 Å². The van der Waals surface area contributed by atoms with E-state index in [1.807, 2.05) is 0 Å². The van der Waals surface area contributed by atoms with E-state index in [1.54, 1.807) is 7.11 Å². The highest BCUT2D eigenvalue weighted by Gasteiger charge is 2.27. The van der Waals surface area contributed by atoms with Gasteiger partial charge in [-0.05, 0) is 46.4 Å². The molecule has 4 nitrogen and oxygen atoms in total. The first-order valence-corrected chi connectivity index (χ1v) is 6.82. The molecule has 0 radical (unpaired) electrons. The van der Waals surface area contributed by atoms with Gasteiger partial charge in [0.05, 0.1) is 6.61 Å². The summed E-state index contributed by atoms with van der Waals surface area (Å²) in [6.45, 7) is 6.51. The quantitative estimate of drug-likeness (QED) is 0.539. The summed E-state index contributed by atoms with van der Waals surface area (Å²) in [5.74, 6) is 0. The molecule has 1 aliphatic rings. The van der Waals surface area contributed by atoms with Gasteiger partial charge in [0, 0.05) is 32.8 Å². The van der Waals surface area contributed by atoms with Crippen molar-refractivity contribution in [2.75, 3.05) is 60.5 Å². The maximum absolute atomic E-state index is 5.15. The molecule has 102 valence electrons. The normalized spacial score (nSPS) is 16.1. The molecular formula is C13H29N3O. The highest BCUT2D eigenvalue weighted by atomic mass is 16.5. The zero-order valence-corrected chi connectivity index (χ0v) is 11.7. The van der Waals surface area contributed by atoms with Gasteiger partial charge in [-0.1, -0.05) is 0 Å². The SMILES string of the molecule is COCCN(CCNCCCN(C)C)C1CC1. The van der Waals surface area contributed by atoms with Crippen molar-refractivity contribution >= 4 is 0 Å². The molecule has 17 heavy (non-hydrogen) atoms. The van der Waals surface area contributed by atoms with Crippen molar-refractivity contribution < 1.29 is 4.74 Å². The molecule has 0 unspecified atom stereocenters. The Morgan fingerprint density at radius 2 is 1.88 bits per heavy atom. The smallest absolute Gasteiger partial charge is 0.0589 e. The lowest BCUT2D eigenvalue weighted by Crippen LogP contribution is -2.36. The fraction of sp³-hybridized carbons (Fsp3) is 1.00. The molecule has 0 aromatic heterocycles. The van der Waals surface area contributed by atoms with E-state index in [-0.39, 0.29) is 0 Å². The molecule has 4 heteroatoms. The summed E-state index contributed by atoms with van der Waals surface area (Å²) in [5, 5.41) is 3.52. The van der Waals surface area contributed by atoms with Crippen molar-refractivity contribution in [3.8, 4) is 0 Å². The van der Waals surface area contributed by atoms with Crippen molar-refractivity contribution in [1.29, 1.82) is 0 Å². The lowest BCUT2D eigenvalue weighted by atomic mass is 10.4. The molecule has 0 aromatic rings. The van der Waals surface area contributed by atoms with Gasteiger partial charge in [0.1, 0.15) is 0 Å². The molecule has 0 spiro atoms. The van der Waals surface area contributed by atoms with E-state index in [0.29, 0.717) is 0 Å². The molecule has 0 saturated heterocycles. The fourth-order valence-corrected chi connectivity index (χ4v) is 1.99. The average molecular weight is 243 g/mol. The molecule has 0 aromatic carbocycles. The van der Waals surface area contributed by atoms with E-state index in [1.165, 1.54) is 25.8 Å². The number of methoxy groups -OCH3 is 1. The number of rotatable bonds is 11. The Bertz CT molecular complexity index is 184. The van der Waals surface area contributed by atoms with Gasteiger partial charge in [-0.3, -0.25) is 4.90 Å². The number of nitrogens with one attached hydrogen (secondary N) is 1. The third kappa shape index (κ3) is 7.71. The van der Waals surface area contributed by atoms with E-state index in [9.17, 15) is 0 Å². The summed E-state index contributed by atoms with van der Waals surface area (Å²) < 4.78 is 5.15. The first kappa shape index (κ1) is 14.9. The Hall–Kier alpha value is -0.160. The maximum atomic E-state index is 5.15. The van der Waals surface area contributed by atoms with E-state index in [4.69, 9.17) is 4.74 Å². The topological polar surface area (TPSA) is 27.7 Å². The van der Waals surface area contributed by atoms with Crippen molar-refractivity contribution in [3.63, 3.8) is 0 Å². The highest BCUT2D eigenvalue weighted by molar-refractivity contribution is 4.84. The second kappa shape index (κ2) is 8.86. The summed E-state index contributed by atoms with van der Waals surface area (Å²) in [4.78, 5) is 4.79. The van der Waals surface area contributed by atoms with Crippen LogP contribution < -0.4 is 5.32 Å². The Morgan fingerprint density at radius 1 is 1.12 bits per heavy atom. The van der Waals surface area contributed by atoms with Crippen LogP contribution in [0, 0.1) is 0 Å². The highest BCUT2D eigenvalue weighted by Crippen LogP contribution is 2.25. The van der Waals surface area contributed by atoms with E-state index < -0.39 is 0 Å². The first-order chi connectivity index (χ1) is 8.24. The zero-order chi connectivity index (χ0) is 12.5. The van der Waals surface area contributed by atoms with Crippen molar-refractivity contribution in [2.24, 2.45) is 0 Å². The predicted molar refractivity (Wildman–Crippen MR) is 72.5 cm³/mol. The van der Waals surface area contributed by atoms with Crippen LogP contribution in [0.4, 0.5) is 0 Å². The summed E-state index contributed by atoms with van der Waals surface area (Å²) in [6, 6.07) is 0.841. The second-order valence-corrected chi connectivity index (χ2v) is 5.17. The molecule has 0 heterocycles. The van der Waals surface area contributed by atoms with E-state index >= 15 is 0 Å². The Morgan fingerprint density at radius 3 is 2.47 bits per heavy atom. The van der Waals surface area contributed by atoms with E-state index in [2.05, 4.69) is 29.2 Å². The van der Waals surface area contributed by atoms with Crippen LogP contribution in [-0.2, 0) is 4.74 Å². The number of nitrogens with zero attached hydrogens (tertiary/aromatic N) is 2. The van der Waals surface area contributed by atoms with Crippen LogP contribution >= 0.6 is 0 Å². The third-order valence-corrected chi connectivity index (χ3v) is 3.18. The zero-order valence-electron chi connectivity index (χ0n) is 11.7. The molecule has 1 rings (SSSR count). The van der Waals surface area contributed by atoms with Crippen LogP contribution in [0.3, 0.4) is 0 Å². The van der Waals surface area contributed by atoms with Gasteiger partial charge in [-0.15, -0.1) is 0 Å². The summed E-state index contributed by atoms with van der Waals surface area (Å²) in [6.07, 6.45) is 3.99. The van der Waals surface area contributed by atoms with Gasteiger partial charge in [0.15, 0.2) is 0 Å². The molecule has 0 aliphatic heterocycles. The molecule has 1 N–H and O–H groups in total. The molecule has 0 amide bonds. The molecule has 0 bridgehead atoms. The minimum atomic E-state index is 0.841. The van der Waals surface area contributed by atoms with Gasteiger partial charge in [-0.25, -0.2) is 0 Å². The van der Waals surface area contributed by atoms with E-state index in [0.717, 1.165) is 38.8 Å². The van der Waals surface area contributed by atoms with Crippen LogP contribution in [0.15, 0.2) is 0 Å². The minimum absolute atomic E-state index is 0.841. The van der Waals surface area contributed by atoms with Crippen LogP contribution in [0.25, 0.3) is 0 Å². The van der Waals surface area contributed by atoms with Gasteiger partial charge < -0.3 is 15.0 Å². The number of hydrogen-bond donors (Lipinski definition) is 1. The fourth-order valence-electron chi connectivity index (χ4n) is 1.99. The lowest BCUT2D eigenvalue weighted by Gasteiger charge is -2.21. The van der Waals surface area contributed by atoms with Gasteiger partial charge in [0.25, 0.3) is 0 Å². The average Bonchev–Trinajstić information content (AvgIpc) is 3.10. The summed E-state index contributed by atoms with van der Waals surface area (Å²) in [7, 11) is 6.03. The van der Waals surface area contributed by atoms with Gasteiger partial charge in [0.2, 0.25) is 0 Å². The predicted octanol–water partition coefficient (Wildman–Crippen LogP) is 0.639. The standard InChI is InChI=1S/C13H29N3O/c1-15(2)9-4-7-14-8-10-16(11-12-17-3)13-5-6-13/h13-14H,4-12H2,1-3H3. The Balaban J connectivity index is 1.95. The number of hydrogen-bond acceptors (Lipinski definition) is 4. The van der Waals surface area contributed by atoms with Crippen LogP contribution in [0.1, 0.15) is 19.3 Å². The summed E-state index contributed by atoms with van der Waals surface area (Å²) in [5.41, 5.74) is 0. The maximum Gasteiger partial charge on any atom is 0.0589 e. The minimum Gasteiger partial charge on any atom is -0.383 e. The molecule has 1 fully saturated rings. The lowest BCUT2D eigenvalue weighted by molar-refractivity contribution is 0.144. The third-order valence-electron chi connectivity index (χ3n) is 3.18. The Labute approximate surface area is 106 Å². The molecule has 0 atom stereocenters. The van der Waals surface area contributed by atoms with Crippen molar-refractivity contribution in [1.82, 2.24) is 15.1 Å². The summed E-state index contributed by atoms with van der Waals surface area (Å²) >= 11 is 0. The molecule has 1 saturated carbocycles. The van der Waals surface area contributed by atoms with Gasteiger partial charge in [-0.2, -0.15) is 0 Å². The molecule has 1 aliphatic carbocycles. The van der Waals surface area contributed by atoms with Gasteiger partial charge >= 0.3 is 0 Å². The molecular weight excluding hydrogens is 214 g/mol. The monoisotopic (exact) mass is 243 g/mol. The second-order valence-electron chi connectivity index (χ2n) is 5.17. The van der Waals surface area contributed by atoms with Crippen LogP contribution in [0.2, 0.25) is 0 Å². The van der Waals surface area contributed by atoms with Crippen molar-refractivity contribution in [2.45, 2.75) is 25.3 Å². The van der Waals surface area contributed by atoms with Crippen molar-refractivity contribution in [3.05, 3.63) is 0 Å². The largest absolute Gasteiger partial charge is 0.383 e. The van der Waals surface area contributed by atoms with Crippen LogP contribution in [-0.4, -0.2) is 76.4 Å².